The van der Waals surface area contributed by atoms with Crippen molar-refractivity contribution in [1.82, 2.24) is 5.06 Å². The Bertz CT molecular complexity index is 380. The molecular formula is C13H20ClNO3. The average Bonchev–Trinajstić information content (AvgIpc) is 2.39. The van der Waals surface area contributed by atoms with Crippen LogP contribution in [0.15, 0.2) is 23.1 Å². The van der Waals surface area contributed by atoms with Gasteiger partial charge in [-0.15, -0.1) is 12.4 Å². The Morgan fingerprint density at radius 1 is 1.33 bits per heavy atom. The topological polar surface area (TPSA) is 30.9 Å². The first-order valence-electron chi connectivity index (χ1n) is 6.28. The molecule has 3 aliphatic rings. The smallest absolute Gasteiger partial charge is 0.175 e. The predicted molar refractivity (Wildman–Crippen MR) is 69.9 cm³/mol. The van der Waals surface area contributed by atoms with Crippen molar-refractivity contribution in [2.45, 2.75) is 31.9 Å². The monoisotopic (exact) mass is 273 g/mol. The minimum atomic E-state index is -0.0803. The van der Waals surface area contributed by atoms with Crippen LogP contribution in [-0.4, -0.2) is 32.1 Å². The third kappa shape index (κ3) is 2.02. The molecule has 0 aromatic rings. The molecule has 0 amide bonds. The normalized spacial score (nSPS) is 30.1. The van der Waals surface area contributed by atoms with Crippen LogP contribution in [-0.2, 0) is 14.3 Å². The van der Waals surface area contributed by atoms with E-state index in [1.54, 1.807) is 19.3 Å². The molecular weight excluding hydrogens is 254 g/mol. The zero-order valence-electron chi connectivity index (χ0n) is 10.8. The Hall–Kier alpha value is -0.710. The van der Waals surface area contributed by atoms with Crippen molar-refractivity contribution < 1.29 is 14.3 Å². The van der Waals surface area contributed by atoms with E-state index in [1.807, 2.05) is 6.20 Å². The summed E-state index contributed by atoms with van der Waals surface area (Å²) in [6.45, 7) is 0.822. The number of methoxy groups -OCH3 is 1. The first-order chi connectivity index (χ1) is 8.35. The summed E-state index contributed by atoms with van der Waals surface area (Å²) in [5.41, 5.74) is 2.74. The molecule has 2 atom stereocenters. The fourth-order valence-electron chi connectivity index (χ4n) is 3.21. The molecule has 18 heavy (non-hydrogen) atoms. The lowest BCUT2D eigenvalue weighted by Crippen LogP contribution is -2.41. The molecule has 0 saturated carbocycles. The molecule has 0 bridgehead atoms. The lowest BCUT2D eigenvalue weighted by atomic mass is 9.77. The van der Waals surface area contributed by atoms with E-state index in [2.05, 4.69) is 0 Å². The number of halogens is 1. The lowest BCUT2D eigenvalue weighted by Gasteiger charge is -2.42. The molecule has 102 valence electrons. The third-order valence-corrected chi connectivity index (χ3v) is 3.95. The molecule has 0 N–H and O–H groups in total. The van der Waals surface area contributed by atoms with Crippen molar-refractivity contribution in [3.63, 3.8) is 0 Å². The van der Waals surface area contributed by atoms with Crippen molar-refractivity contribution in [1.29, 1.82) is 0 Å². The standard InChI is InChI=1S/C13H19NO3.ClH/c1-15-13-10-5-3-4-9-6-7-17-11(12(9)10)8-14(13)16-2;/h8-9,13H,3-7H2,1-2H3;1H. The van der Waals surface area contributed by atoms with E-state index in [1.165, 1.54) is 24.0 Å². The van der Waals surface area contributed by atoms with E-state index >= 15 is 0 Å². The van der Waals surface area contributed by atoms with Gasteiger partial charge in [-0.3, -0.25) is 4.84 Å². The van der Waals surface area contributed by atoms with Gasteiger partial charge in [-0.1, -0.05) is 0 Å². The van der Waals surface area contributed by atoms with Gasteiger partial charge in [0.2, 0.25) is 0 Å². The highest BCUT2D eigenvalue weighted by molar-refractivity contribution is 5.85. The summed E-state index contributed by atoms with van der Waals surface area (Å²) in [5.74, 6) is 1.65. The van der Waals surface area contributed by atoms with Crippen LogP contribution in [0.4, 0.5) is 0 Å². The lowest BCUT2D eigenvalue weighted by molar-refractivity contribution is -0.188. The van der Waals surface area contributed by atoms with Crippen LogP contribution in [0.25, 0.3) is 0 Å². The van der Waals surface area contributed by atoms with Crippen molar-refractivity contribution in [3.05, 3.63) is 23.1 Å². The highest BCUT2D eigenvalue weighted by atomic mass is 35.5. The van der Waals surface area contributed by atoms with E-state index in [0.717, 1.165) is 25.2 Å². The molecule has 1 fully saturated rings. The molecule has 4 nitrogen and oxygen atoms in total. The van der Waals surface area contributed by atoms with Gasteiger partial charge in [-0.2, -0.15) is 0 Å². The number of hydrogen-bond acceptors (Lipinski definition) is 4. The first kappa shape index (κ1) is 13.7. The van der Waals surface area contributed by atoms with Gasteiger partial charge < -0.3 is 9.47 Å². The molecule has 0 radical (unpaired) electrons. The number of nitrogens with zero attached hydrogens (tertiary/aromatic N) is 1. The van der Waals surface area contributed by atoms with Crippen LogP contribution in [0.3, 0.4) is 0 Å². The quantitative estimate of drug-likeness (QED) is 0.774. The van der Waals surface area contributed by atoms with E-state index in [9.17, 15) is 0 Å². The maximum atomic E-state index is 5.77. The molecule has 2 heterocycles. The number of hydrogen-bond donors (Lipinski definition) is 0. The Kier molecular flexibility index (Phi) is 4.20. The second kappa shape index (κ2) is 5.51. The van der Waals surface area contributed by atoms with Crippen LogP contribution in [0.1, 0.15) is 25.7 Å². The summed E-state index contributed by atoms with van der Waals surface area (Å²) in [6.07, 6.45) is 6.61. The van der Waals surface area contributed by atoms with Crippen LogP contribution < -0.4 is 0 Å². The van der Waals surface area contributed by atoms with Crippen molar-refractivity contribution in [3.8, 4) is 0 Å². The van der Waals surface area contributed by atoms with Gasteiger partial charge in [-0.05, 0) is 37.2 Å². The zero-order valence-corrected chi connectivity index (χ0v) is 11.7. The molecule has 2 unspecified atom stereocenters. The second-order valence-corrected chi connectivity index (χ2v) is 4.79. The van der Waals surface area contributed by atoms with Crippen molar-refractivity contribution in [2.75, 3.05) is 20.8 Å². The summed E-state index contributed by atoms with van der Waals surface area (Å²) in [7, 11) is 3.40. The minimum absolute atomic E-state index is 0. The number of rotatable bonds is 2. The zero-order chi connectivity index (χ0) is 11.8. The summed E-state index contributed by atoms with van der Waals surface area (Å²) in [6, 6.07) is 0. The van der Waals surface area contributed by atoms with Gasteiger partial charge >= 0.3 is 0 Å². The largest absolute Gasteiger partial charge is 0.492 e. The molecule has 1 saturated heterocycles. The highest BCUT2D eigenvalue weighted by Gasteiger charge is 2.38. The van der Waals surface area contributed by atoms with Gasteiger partial charge in [-0.25, -0.2) is 5.06 Å². The van der Waals surface area contributed by atoms with E-state index in [-0.39, 0.29) is 18.6 Å². The summed E-state index contributed by atoms with van der Waals surface area (Å²) < 4.78 is 11.3. The van der Waals surface area contributed by atoms with Crippen LogP contribution in [0, 0.1) is 5.92 Å². The van der Waals surface area contributed by atoms with Gasteiger partial charge in [0, 0.05) is 12.7 Å². The molecule has 5 heteroatoms. The summed E-state index contributed by atoms with van der Waals surface area (Å²) in [5, 5.41) is 1.75. The minimum Gasteiger partial charge on any atom is -0.492 e. The van der Waals surface area contributed by atoms with Gasteiger partial charge in [0.1, 0.15) is 5.76 Å². The Labute approximate surface area is 114 Å². The Balaban J connectivity index is 0.00000120. The molecule has 3 rings (SSSR count). The van der Waals surface area contributed by atoms with Crippen LogP contribution in [0.2, 0.25) is 0 Å². The van der Waals surface area contributed by atoms with Crippen LogP contribution in [0.5, 0.6) is 0 Å². The third-order valence-electron chi connectivity index (χ3n) is 3.95. The summed E-state index contributed by atoms with van der Waals surface area (Å²) >= 11 is 0. The Morgan fingerprint density at radius 3 is 2.89 bits per heavy atom. The number of hydroxylamine groups is 2. The van der Waals surface area contributed by atoms with Gasteiger partial charge in [0.05, 0.1) is 19.9 Å². The maximum absolute atomic E-state index is 5.77. The fraction of sp³-hybridized carbons (Fsp3) is 0.692. The molecule has 0 aromatic heterocycles. The molecule has 2 aliphatic heterocycles. The number of ether oxygens (including phenoxy) is 2. The Morgan fingerprint density at radius 2 is 2.17 bits per heavy atom. The molecule has 1 aliphatic carbocycles. The van der Waals surface area contributed by atoms with Gasteiger partial charge in [0.15, 0.2) is 6.23 Å². The van der Waals surface area contributed by atoms with Gasteiger partial charge in [0.25, 0.3) is 0 Å². The van der Waals surface area contributed by atoms with Crippen LogP contribution >= 0.6 is 12.4 Å². The average molecular weight is 274 g/mol. The summed E-state index contributed by atoms with van der Waals surface area (Å²) in [4.78, 5) is 5.35. The molecule has 0 spiro atoms. The van der Waals surface area contributed by atoms with Crippen molar-refractivity contribution in [2.24, 2.45) is 5.92 Å². The molecule has 0 aromatic carbocycles. The van der Waals surface area contributed by atoms with E-state index in [4.69, 9.17) is 14.3 Å². The fourth-order valence-corrected chi connectivity index (χ4v) is 3.21. The second-order valence-electron chi connectivity index (χ2n) is 4.79. The number of allylic oxidation sites excluding steroid dienone is 1. The first-order valence-corrected chi connectivity index (χ1v) is 6.28. The van der Waals surface area contributed by atoms with Crippen molar-refractivity contribution >= 4 is 12.4 Å². The highest BCUT2D eigenvalue weighted by Crippen LogP contribution is 2.44. The van der Waals surface area contributed by atoms with E-state index in [0.29, 0.717) is 5.92 Å². The SMILES string of the molecule is COC1C2=C3C(=CN1OC)OCCC3CCC2.Cl. The maximum Gasteiger partial charge on any atom is 0.175 e. The van der Waals surface area contributed by atoms with E-state index < -0.39 is 0 Å². The predicted octanol–water partition coefficient (Wildman–Crippen LogP) is 2.62.